The number of fused-ring (bicyclic) bond motifs is 2. The van der Waals surface area contributed by atoms with Gasteiger partial charge in [0.1, 0.15) is 11.4 Å². The molecule has 0 radical (unpaired) electrons. The Labute approximate surface area is 256 Å². The summed E-state index contributed by atoms with van der Waals surface area (Å²) in [7, 11) is 0. The van der Waals surface area contributed by atoms with Gasteiger partial charge in [0, 0.05) is 23.1 Å². The molecule has 220 valence electrons. The van der Waals surface area contributed by atoms with Crippen LogP contribution in [0.5, 0.6) is 5.75 Å². The van der Waals surface area contributed by atoms with Crippen LogP contribution in [0.25, 0.3) is 22.2 Å². The number of amides is 3. The molecule has 1 aliphatic rings. The molecule has 2 heterocycles. The Bertz CT molecular complexity index is 1790. The van der Waals surface area contributed by atoms with Crippen molar-refractivity contribution in [3.63, 3.8) is 0 Å². The number of nitrogens with zero attached hydrogens (tertiary/aromatic N) is 2. The average Bonchev–Trinajstić information content (AvgIpc) is 3.31. The van der Waals surface area contributed by atoms with E-state index >= 15 is 0 Å². The summed E-state index contributed by atoms with van der Waals surface area (Å²) in [6.45, 7) is 2.50. The third-order valence-corrected chi connectivity index (χ3v) is 7.93. The predicted molar refractivity (Wildman–Crippen MR) is 170 cm³/mol. The highest BCUT2D eigenvalue weighted by Crippen LogP contribution is 2.37. The Kier molecular flexibility index (Phi) is 8.46. The van der Waals surface area contributed by atoms with E-state index in [1.165, 1.54) is 4.90 Å². The van der Waals surface area contributed by atoms with Gasteiger partial charge >= 0.3 is 0 Å². The van der Waals surface area contributed by atoms with Crippen molar-refractivity contribution in [1.29, 1.82) is 0 Å². The number of benzene rings is 4. The van der Waals surface area contributed by atoms with Crippen molar-refractivity contribution in [1.82, 2.24) is 15.2 Å². The van der Waals surface area contributed by atoms with Gasteiger partial charge in [0.05, 0.1) is 35.7 Å². The molecule has 3 amide bonds. The zero-order valence-electron chi connectivity index (χ0n) is 24.5. The normalized spacial score (nSPS) is 13.2. The van der Waals surface area contributed by atoms with Gasteiger partial charge in [-0.2, -0.15) is 0 Å². The van der Waals surface area contributed by atoms with Crippen molar-refractivity contribution in [3.05, 3.63) is 131 Å². The van der Waals surface area contributed by atoms with Gasteiger partial charge in [0.25, 0.3) is 11.8 Å². The van der Waals surface area contributed by atoms with Crippen LogP contribution in [-0.2, 0) is 11.2 Å². The summed E-state index contributed by atoms with van der Waals surface area (Å²) in [6.07, 6.45) is 1.27. The number of ether oxygens (including phenoxy) is 1. The summed E-state index contributed by atoms with van der Waals surface area (Å²) in [5.74, 6) is -0.166. The maximum absolute atomic E-state index is 13.6. The second-order valence-corrected chi connectivity index (χ2v) is 10.8. The molecule has 0 saturated carbocycles. The quantitative estimate of drug-likeness (QED) is 0.137. The molecule has 1 aromatic heterocycles. The number of hydrogen-bond acceptors (Lipinski definition) is 5. The van der Waals surface area contributed by atoms with Crippen molar-refractivity contribution in [2.45, 2.75) is 32.2 Å². The van der Waals surface area contributed by atoms with E-state index in [4.69, 9.17) is 9.72 Å². The number of carbonyl (C=O) groups is 3. The van der Waals surface area contributed by atoms with E-state index in [-0.39, 0.29) is 43.3 Å². The van der Waals surface area contributed by atoms with E-state index in [0.29, 0.717) is 29.0 Å². The molecule has 6 rings (SSSR count). The highest BCUT2D eigenvalue weighted by molar-refractivity contribution is 6.21. The lowest BCUT2D eigenvalue weighted by molar-refractivity contribution is -0.121. The van der Waals surface area contributed by atoms with Gasteiger partial charge in [-0.05, 0) is 36.6 Å². The molecule has 1 aliphatic heterocycles. The zero-order chi connectivity index (χ0) is 30.5. The fraction of sp³-hybridized carbons (Fsp3) is 0.189. The molecule has 0 fully saturated rings. The number of rotatable bonds is 11. The standard InChI is InChI=1S/C37H33N3O4/c1-2-31(25-14-5-3-6-15-25)38-33(41)24-30-27-18-11-12-21-32(27)39-34(26-16-7-4-8-17-26)35(30)44-23-13-22-40-36(42)28-19-9-10-20-29(28)37(40)43/h3-12,14-21,31H,2,13,22-24H2,1H3,(H,38,41)/t31-/m0/s1. The lowest BCUT2D eigenvalue weighted by Crippen LogP contribution is -2.31. The number of imide groups is 1. The zero-order valence-corrected chi connectivity index (χ0v) is 24.5. The molecule has 0 unspecified atom stereocenters. The van der Waals surface area contributed by atoms with Crippen molar-refractivity contribution < 1.29 is 19.1 Å². The minimum atomic E-state index is -0.288. The van der Waals surface area contributed by atoms with E-state index in [2.05, 4.69) is 12.2 Å². The van der Waals surface area contributed by atoms with E-state index in [0.717, 1.165) is 34.0 Å². The summed E-state index contributed by atoms with van der Waals surface area (Å²) in [6, 6.07) is 34.2. The molecule has 7 nitrogen and oxygen atoms in total. The summed E-state index contributed by atoms with van der Waals surface area (Å²) >= 11 is 0. The van der Waals surface area contributed by atoms with Gasteiger partial charge in [0.2, 0.25) is 5.91 Å². The molecule has 44 heavy (non-hydrogen) atoms. The molecule has 0 bridgehead atoms. The largest absolute Gasteiger partial charge is 0.491 e. The lowest BCUT2D eigenvalue weighted by atomic mass is 9.99. The van der Waals surface area contributed by atoms with Crippen molar-refractivity contribution >= 4 is 28.6 Å². The molecule has 7 heteroatoms. The molecule has 0 aliphatic carbocycles. The molecule has 1 N–H and O–H groups in total. The van der Waals surface area contributed by atoms with Crippen molar-refractivity contribution in [2.24, 2.45) is 0 Å². The van der Waals surface area contributed by atoms with Crippen LogP contribution in [0, 0.1) is 0 Å². The van der Waals surface area contributed by atoms with Crippen molar-refractivity contribution in [3.8, 4) is 17.0 Å². The van der Waals surface area contributed by atoms with Gasteiger partial charge in [-0.1, -0.05) is 97.9 Å². The highest BCUT2D eigenvalue weighted by Gasteiger charge is 2.34. The molecule has 4 aromatic carbocycles. The monoisotopic (exact) mass is 583 g/mol. The molecular formula is C37H33N3O4. The first-order valence-electron chi connectivity index (χ1n) is 14.9. The van der Waals surface area contributed by atoms with E-state index in [1.54, 1.807) is 24.3 Å². The van der Waals surface area contributed by atoms with Crippen LogP contribution in [0.2, 0.25) is 0 Å². The van der Waals surface area contributed by atoms with Crippen molar-refractivity contribution in [2.75, 3.05) is 13.2 Å². The molecule has 0 spiro atoms. The van der Waals surface area contributed by atoms with Crippen LogP contribution in [0.4, 0.5) is 0 Å². The minimum absolute atomic E-state index is 0.0972. The average molecular weight is 584 g/mol. The fourth-order valence-electron chi connectivity index (χ4n) is 5.74. The first-order chi connectivity index (χ1) is 21.5. The molecule has 1 atom stereocenters. The first-order valence-corrected chi connectivity index (χ1v) is 14.9. The third-order valence-electron chi connectivity index (χ3n) is 7.93. The second-order valence-electron chi connectivity index (χ2n) is 10.8. The fourth-order valence-corrected chi connectivity index (χ4v) is 5.74. The second kappa shape index (κ2) is 12.9. The smallest absolute Gasteiger partial charge is 0.261 e. The maximum atomic E-state index is 13.6. The van der Waals surface area contributed by atoms with Gasteiger partial charge < -0.3 is 10.1 Å². The Morgan fingerprint density at radius 2 is 1.43 bits per heavy atom. The van der Waals surface area contributed by atoms with Gasteiger partial charge in [0.15, 0.2) is 0 Å². The number of para-hydroxylation sites is 1. The summed E-state index contributed by atoms with van der Waals surface area (Å²) < 4.78 is 6.46. The van der Waals surface area contributed by atoms with E-state index in [1.807, 2.05) is 84.9 Å². The van der Waals surface area contributed by atoms with Crippen LogP contribution >= 0.6 is 0 Å². The Balaban J connectivity index is 1.29. The third kappa shape index (κ3) is 5.81. The Morgan fingerprint density at radius 3 is 2.11 bits per heavy atom. The predicted octanol–water partition coefficient (Wildman–Crippen LogP) is 6.78. The number of carbonyl (C=O) groups excluding carboxylic acids is 3. The Hall–Kier alpha value is -5.30. The van der Waals surface area contributed by atoms with Crippen LogP contribution in [-0.4, -0.2) is 40.8 Å². The summed E-state index contributed by atoms with van der Waals surface area (Å²) in [5, 5.41) is 4.05. The molecular weight excluding hydrogens is 550 g/mol. The van der Waals surface area contributed by atoms with Crippen LogP contribution in [0.1, 0.15) is 57.7 Å². The summed E-state index contributed by atoms with van der Waals surface area (Å²) in [5.41, 5.74) is 4.93. The number of hydrogen-bond donors (Lipinski definition) is 1. The van der Waals surface area contributed by atoms with Crippen LogP contribution in [0.3, 0.4) is 0 Å². The first kappa shape index (κ1) is 28.8. The number of aromatic nitrogens is 1. The number of pyridine rings is 1. The summed E-state index contributed by atoms with van der Waals surface area (Å²) in [4.78, 5) is 45.6. The Morgan fingerprint density at radius 1 is 0.818 bits per heavy atom. The maximum Gasteiger partial charge on any atom is 0.261 e. The molecule has 5 aromatic rings. The molecule has 0 saturated heterocycles. The van der Waals surface area contributed by atoms with Gasteiger partial charge in [-0.3, -0.25) is 19.3 Å². The van der Waals surface area contributed by atoms with E-state index in [9.17, 15) is 14.4 Å². The SMILES string of the molecule is CC[C@H](NC(=O)Cc1c(OCCCN2C(=O)c3ccccc3C2=O)c(-c2ccccc2)nc2ccccc12)c1ccccc1. The van der Waals surface area contributed by atoms with E-state index < -0.39 is 0 Å². The van der Waals surface area contributed by atoms with Gasteiger partial charge in [-0.25, -0.2) is 4.98 Å². The van der Waals surface area contributed by atoms with Gasteiger partial charge in [-0.15, -0.1) is 0 Å². The highest BCUT2D eigenvalue weighted by atomic mass is 16.5. The number of nitrogens with one attached hydrogen (secondary N) is 1. The lowest BCUT2D eigenvalue weighted by Gasteiger charge is -2.21. The van der Waals surface area contributed by atoms with Crippen LogP contribution < -0.4 is 10.1 Å². The minimum Gasteiger partial charge on any atom is -0.491 e. The topological polar surface area (TPSA) is 88.6 Å². The van der Waals surface area contributed by atoms with Crippen LogP contribution in [0.15, 0.2) is 109 Å².